The lowest BCUT2D eigenvalue weighted by Crippen LogP contribution is -2.37. The summed E-state index contributed by atoms with van der Waals surface area (Å²) in [5.41, 5.74) is 3.92. The number of amides is 1. The maximum Gasteiger partial charge on any atom is 0.257 e. The summed E-state index contributed by atoms with van der Waals surface area (Å²) < 4.78 is 1.66. The van der Waals surface area contributed by atoms with Crippen molar-refractivity contribution >= 4 is 17.7 Å². The third-order valence-electron chi connectivity index (χ3n) is 6.28. The lowest BCUT2D eigenvalue weighted by Gasteiger charge is -2.26. The van der Waals surface area contributed by atoms with E-state index < -0.39 is 0 Å². The molecule has 2 aromatic rings. The fourth-order valence-corrected chi connectivity index (χ4v) is 5.16. The van der Waals surface area contributed by atoms with E-state index in [0.717, 1.165) is 66.8 Å². The fraction of sp³-hybridized carbons (Fsp3) is 0.577. The average molecular weight is 471 g/mol. The summed E-state index contributed by atoms with van der Waals surface area (Å²) in [7, 11) is 1.80. The van der Waals surface area contributed by atoms with Crippen molar-refractivity contribution in [2.24, 2.45) is 7.05 Å². The molecule has 1 saturated heterocycles. The van der Waals surface area contributed by atoms with Crippen molar-refractivity contribution < 1.29 is 4.79 Å². The number of piperidine rings is 1. The number of unbranched alkanes of at least 4 members (excludes halogenated alkanes) is 1. The number of benzene rings is 1. The molecule has 0 aliphatic carbocycles. The Bertz CT molecular complexity index is 965. The van der Waals surface area contributed by atoms with Gasteiger partial charge in [-0.2, -0.15) is 0 Å². The van der Waals surface area contributed by atoms with Gasteiger partial charge in [0.2, 0.25) is 5.91 Å². The molecule has 0 unspecified atom stereocenters. The number of hydrogen-bond acceptors (Lipinski definition) is 5. The number of aromatic nitrogens is 2. The van der Waals surface area contributed by atoms with E-state index in [1.54, 1.807) is 23.4 Å². The predicted molar refractivity (Wildman–Crippen MR) is 136 cm³/mol. The van der Waals surface area contributed by atoms with Crippen LogP contribution in [0.1, 0.15) is 60.9 Å². The zero-order chi connectivity index (χ0) is 23.6. The number of nitrogens with one attached hydrogen (secondary N) is 1. The Morgan fingerprint density at radius 2 is 1.82 bits per heavy atom. The summed E-state index contributed by atoms with van der Waals surface area (Å²) in [5, 5.41) is 3.79. The molecule has 1 aromatic carbocycles. The summed E-state index contributed by atoms with van der Waals surface area (Å²) >= 11 is 1.59. The Hall–Kier alpha value is -2.12. The van der Waals surface area contributed by atoms with E-state index in [4.69, 9.17) is 4.98 Å². The van der Waals surface area contributed by atoms with Gasteiger partial charge in [-0.3, -0.25) is 14.2 Å². The molecular formula is C26H38N4O2S. The van der Waals surface area contributed by atoms with Crippen LogP contribution < -0.4 is 10.9 Å². The first kappa shape index (κ1) is 25.5. The molecule has 1 fully saturated rings. The molecule has 0 radical (unpaired) electrons. The van der Waals surface area contributed by atoms with E-state index in [9.17, 15) is 9.59 Å². The van der Waals surface area contributed by atoms with E-state index in [0.29, 0.717) is 12.8 Å². The van der Waals surface area contributed by atoms with Gasteiger partial charge in [0, 0.05) is 50.0 Å². The number of hydrogen-bond donors (Lipinski definition) is 1. The quantitative estimate of drug-likeness (QED) is 0.307. The van der Waals surface area contributed by atoms with Crippen LogP contribution in [-0.2, 0) is 18.3 Å². The van der Waals surface area contributed by atoms with Gasteiger partial charge >= 0.3 is 0 Å². The number of rotatable bonds is 11. The molecule has 0 bridgehead atoms. The first-order chi connectivity index (χ1) is 15.9. The molecule has 1 aliphatic rings. The molecule has 1 amide bonds. The van der Waals surface area contributed by atoms with Crippen LogP contribution in [-0.4, -0.2) is 52.3 Å². The summed E-state index contributed by atoms with van der Waals surface area (Å²) in [6.45, 7) is 8.01. The molecule has 2 heterocycles. The number of nitrogens with zero attached hydrogens (tertiary/aromatic N) is 3. The highest BCUT2D eigenvalue weighted by atomic mass is 32.2. The summed E-state index contributed by atoms with van der Waals surface area (Å²) in [6.07, 6.45) is 6.82. The highest BCUT2D eigenvalue weighted by Crippen LogP contribution is 2.18. The van der Waals surface area contributed by atoms with Crippen LogP contribution >= 0.6 is 11.8 Å². The molecular weight excluding hydrogens is 432 g/mol. The van der Waals surface area contributed by atoms with Crippen LogP contribution in [0.2, 0.25) is 0 Å². The van der Waals surface area contributed by atoms with Gasteiger partial charge in [0.1, 0.15) is 0 Å². The molecule has 1 N–H and O–H groups in total. The first-order valence-corrected chi connectivity index (χ1v) is 13.2. The number of carbonyl (C=O) groups is 1. The average Bonchev–Trinajstić information content (AvgIpc) is 2.81. The second kappa shape index (κ2) is 12.9. The number of aryl methyl sites for hydroxylation is 2. The van der Waals surface area contributed by atoms with Crippen LogP contribution in [0, 0.1) is 13.8 Å². The lowest BCUT2D eigenvalue weighted by atomic mass is 10.0. The Labute approximate surface area is 202 Å². The van der Waals surface area contributed by atoms with Crippen molar-refractivity contribution in [3.05, 3.63) is 57.0 Å². The van der Waals surface area contributed by atoms with Gasteiger partial charge in [-0.25, -0.2) is 4.98 Å². The largest absolute Gasteiger partial charge is 0.355 e. The first-order valence-electron chi connectivity index (χ1n) is 12.2. The van der Waals surface area contributed by atoms with E-state index in [1.807, 2.05) is 6.92 Å². The highest BCUT2D eigenvalue weighted by molar-refractivity contribution is 7.99. The van der Waals surface area contributed by atoms with Gasteiger partial charge in [0.25, 0.3) is 5.56 Å². The minimum absolute atomic E-state index is 0.0265. The zero-order valence-corrected chi connectivity index (χ0v) is 21.2. The smallest absolute Gasteiger partial charge is 0.257 e. The van der Waals surface area contributed by atoms with Crippen molar-refractivity contribution in [3.8, 4) is 0 Å². The summed E-state index contributed by atoms with van der Waals surface area (Å²) in [5.74, 6) is 0.983. The van der Waals surface area contributed by atoms with Crippen molar-refractivity contribution in [2.75, 3.05) is 31.9 Å². The van der Waals surface area contributed by atoms with Crippen LogP contribution in [0.3, 0.4) is 0 Å². The Morgan fingerprint density at radius 1 is 1.09 bits per heavy atom. The standard InChI is InChI=1S/C26H38N4O2S/c1-20-10-12-22(13-11-20)19-23-21(2)28-26(29(3)25(23)32)33-18-8-5-9-24(31)27-14-17-30-15-6-4-7-16-30/h10-13H,4-9,14-19H2,1-3H3,(H,27,31). The number of likely N-dealkylation sites (tertiary alicyclic amines) is 1. The van der Waals surface area contributed by atoms with E-state index in [-0.39, 0.29) is 11.5 Å². The molecule has 1 aromatic heterocycles. The molecule has 3 rings (SSSR count). The summed E-state index contributed by atoms with van der Waals surface area (Å²) in [6, 6.07) is 8.28. The fourth-order valence-electron chi connectivity index (χ4n) is 4.15. The van der Waals surface area contributed by atoms with Gasteiger partial charge in [-0.1, -0.05) is 48.0 Å². The second-order valence-electron chi connectivity index (χ2n) is 9.04. The second-order valence-corrected chi connectivity index (χ2v) is 10.1. The molecule has 33 heavy (non-hydrogen) atoms. The lowest BCUT2D eigenvalue weighted by molar-refractivity contribution is -0.121. The van der Waals surface area contributed by atoms with Gasteiger partial charge in [0.05, 0.1) is 0 Å². The molecule has 7 heteroatoms. The van der Waals surface area contributed by atoms with E-state index in [2.05, 4.69) is 41.4 Å². The van der Waals surface area contributed by atoms with Crippen LogP contribution in [0.15, 0.2) is 34.2 Å². The van der Waals surface area contributed by atoms with Gasteiger partial charge in [-0.15, -0.1) is 0 Å². The predicted octanol–water partition coefficient (Wildman–Crippen LogP) is 3.85. The third kappa shape index (κ3) is 8.00. The van der Waals surface area contributed by atoms with Crippen molar-refractivity contribution in [3.63, 3.8) is 0 Å². The Morgan fingerprint density at radius 3 is 2.55 bits per heavy atom. The van der Waals surface area contributed by atoms with Gasteiger partial charge < -0.3 is 10.2 Å². The highest BCUT2D eigenvalue weighted by Gasteiger charge is 2.13. The molecule has 0 saturated carbocycles. The van der Waals surface area contributed by atoms with Gasteiger partial charge in [0.15, 0.2) is 5.16 Å². The van der Waals surface area contributed by atoms with E-state index in [1.165, 1.54) is 24.8 Å². The van der Waals surface area contributed by atoms with Gasteiger partial charge in [-0.05, 0) is 58.2 Å². The van der Waals surface area contributed by atoms with Crippen molar-refractivity contribution in [1.82, 2.24) is 19.8 Å². The van der Waals surface area contributed by atoms with Crippen molar-refractivity contribution in [1.29, 1.82) is 0 Å². The molecule has 0 spiro atoms. The monoisotopic (exact) mass is 470 g/mol. The zero-order valence-electron chi connectivity index (χ0n) is 20.4. The molecule has 180 valence electrons. The minimum atomic E-state index is 0.0265. The van der Waals surface area contributed by atoms with Crippen LogP contribution in [0.4, 0.5) is 0 Å². The topological polar surface area (TPSA) is 67.2 Å². The number of carbonyl (C=O) groups excluding carboxylic acids is 1. The Kier molecular flexibility index (Phi) is 10.0. The van der Waals surface area contributed by atoms with E-state index >= 15 is 0 Å². The molecule has 1 aliphatic heterocycles. The maximum atomic E-state index is 12.9. The SMILES string of the molecule is Cc1ccc(Cc2c(C)nc(SCCCCC(=O)NCCN3CCCCC3)n(C)c2=O)cc1. The Balaban J connectivity index is 1.39. The number of thioether (sulfide) groups is 1. The van der Waals surface area contributed by atoms with Crippen LogP contribution in [0.25, 0.3) is 0 Å². The summed E-state index contributed by atoms with van der Waals surface area (Å²) in [4.78, 5) is 32.1. The maximum absolute atomic E-state index is 12.9. The molecule has 0 atom stereocenters. The minimum Gasteiger partial charge on any atom is -0.355 e. The third-order valence-corrected chi connectivity index (χ3v) is 7.40. The molecule has 6 nitrogen and oxygen atoms in total. The van der Waals surface area contributed by atoms with Crippen molar-refractivity contribution in [2.45, 2.75) is 63.9 Å². The van der Waals surface area contributed by atoms with Crippen LogP contribution in [0.5, 0.6) is 0 Å². The normalized spacial score (nSPS) is 14.4.